The van der Waals surface area contributed by atoms with Gasteiger partial charge < -0.3 is 15.5 Å². The van der Waals surface area contributed by atoms with Crippen molar-refractivity contribution in [3.05, 3.63) is 35.4 Å². The number of likely N-dealkylation sites (tertiary alicyclic amines) is 1. The van der Waals surface area contributed by atoms with E-state index in [4.69, 9.17) is 0 Å². The van der Waals surface area contributed by atoms with Gasteiger partial charge in [0, 0.05) is 19.5 Å². The van der Waals surface area contributed by atoms with Crippen LogP contribution >= 0.6 is 0 Å². The van der Waals surface area contributed by atoms with Crippen LogP contribution in [-0.4, -0.2) is 42.3 Å². The Labute approximate surface area is 150 Å². The van der Waals surface area contributed by atoms with Gasteiger partial charge in [-0.15, -0.1) is 0 Å². The monoisotopic (exact) mass is 367 g/mol. The number of nitrogens with zero attached hydrogens (tertiary/aromatic N) is 1. The quantitative estimate of drug-likeness (QED) is 0.828. The summed E-state index contributed by atoms with van der Waals surface area (Å²) in [6, 6.07) is 1.16. The summed E-state index contributed by atoms with van der Waals surface area (Å²) in [5, 5.41) is 4.96. The summed E-state index contributed by atoms with van der Waals surface area (Å²) in [5.41, 5.74) is 0.122. The fourth-order valence-electron chi connectivity index (χ4n) is 3.01. The first kappa shape index (κ1) is 19.8. The van der Waals surface area contributed by atoms with Crippen LogP contribution in [0.3, 0.4) is 0 Å². The molecule has 1 saturated heterocycles. The molecule has 1 fully saturated rings. The second kappa shape index (κ2) is 8.25. The van der Waals surface area contributed by atoms with E-state index in [1.165, 1.54) is 18.0 Å². The van der Waals surface area contributed by atoms with Crippen LogP contribution < -0.4 is 10.6 Å². The maximum atomic E-state index is 13.5. The lowest BCUT2D eigenvalue weighted by Gasteiger charge is -2.27. The molecule has 8 heteroatoms. The van der Waals surface area contributed by atoms with Gasteiger partial charge in [0.15, 0.2) is 11.6 Å². The van der Waals surface area contributed by atoms with Crippen LogP contribution in [0.25, 0.3) is 0 Å². The van der Waals surface area contributed by atoms with Crippen molar-refractivity contribution >= 4 is 17.7 Å². The van der Waals surface area contributed by atoms with Crippen molar-refractivity contribution in [2.45, 2.75) is 38.8 Å². The number of carbonyl (C=O) groups is 3. The van der Waals surface area contributed by atoms with Gasteiger partial charge in [-0.3, -0.25) is 14.4 Å². The summed E-state index contributed by atoms with van der Waals surface area (Å²) in [7, 11) is 1.38. The van der Waals surface area contributed by atoms with Crippen LogP contribution in [0.4, 0.5) is 8.78 Å². The van der Waals surface area contributed by atoms with Gasteiger partial charge in [0.1, 0.15) is 12.1 Å². The Morgan fingerprint density at radius 3 is 2.46 bits per heavy atom. The minimum absolute atomic E-state index is 0.122. The lowest BCUT2D eigenvalue weighted by atomic mass is 10.0. The van der Waals surface area contributed by atoms with Crippen molar-refractivity contribution in [1.29, 1.82) is 0 Å². The number of halogens is 2. The number of amides is 3. The number of likely N-dealkylation sites (N-methyl/N-ethyl adjacent to an activating group) is 1. The molecule has 0 saturated carbocycles. The highest BCUT2D eigenvalue weighted by Crippen LogP contribution is 2.22. The first-order chi connectivity index (χ1) is 12.3. The highest BCUT2D eigenvalue weighted by molar-refractivity contribution is 5.93. The molecular formula is C18H23F2N3O3. The van der Waals surface area contributed by atoms with Crippen molar-refractivity contribution in [2.75, 3.05) is 13.6 Å². The maximum absolute atomic E-state index is 13.5. The Kier molecular flexibility index (Phi) is 6.28. The Hall–Kier alpha value is -2.51. The zero-order valence-corrected chi connectivity index (χ0v) is 15.0. The van der Waals surface area contributed by atoms with Crippen LogP contribution in [0, 0.1) is 17.6 Å². The van der Waals surface area contributed by atoms with E-state index in [0.717, 1.165) is 12.1 Å². The smallest absolute Gasteiger partial charge is 0.246 e. The van der Waals surface area contributed by atoms with Crippen molar-refractivity contribution in [3.63, 3.8) is 0 Å². The first-order valence-electron chi connectivity index (χ1n) is 8.53. The largest absolute Gasteiger partial charge is 0.357 e. The SMILES string of the molecule is CNC(=O)C(NC(=O)C1CCCN1C(=O)C(C)C)c1ccc(F)c(F)c1. The number of rotatable bonds is 5. The summed E-state index contributed by atoms with van der Waals surface area (Å²) in [6.07, 6.45) is 1.18. The van der Waals surface area contributed by atoms with Gasteiger partial charge in [-0.05, 0) is 30.5 Å². The van der Waals surface area contributed by atoms with E-state index in [9.17, 15) is 23.2 Å². The van der Waals surface area contributed by atoms with E-state index in [1.807, 2.05) is 0 Å². The van der Waals surface area contributed by atoms with Gasteiger partial charge in [-0.2, -0.15) is 0 Å². The average molecular weight is 367 g/mol. The van der Waals surface area contributed by atoms with Crippen molar-refractivity contribution in [2.24, 2.45) is 5.92 Å². The van der Waals surface area contributed by atoms with Gasteiger partial charge in [0.05, 0.1) is 0 Å². The molecule has 0 aromatic heterocycles. The minimum atomic E-state index is -1.18. The summed E-state index contributed by atoms with van der Waals surface area (Å²) in [6.45, 7) is 3.99. The molecular weight excluding hydrogens is 344 g/mol. The lowest BCUT2D eigenvalue weighted by Crippen LogP contribution is -2.50. The fourth-order valence-corrected chi connectivity index (χ4v) is 3.01. The molecule has 2 atom stereocenters. The lowest BCUT2D eigenvalue weighted by molar-refractivity contribution is -0.141. The molecule has 0 radical (unpaired) electrons. The molecule has 2 N–H and O–H groups in total. The molecule has 0 spiro atoms. The van der Waals surface area contributed by atoms with E-state index < -0.39 is 35.5 Å². The third-order valence-corrected chi connectivity index (χ3v) is 4.40. The number of carbonyl (C=O) groups excluding carboxylic acids is 3. The van der Waals surface area contributed by atoms with Crippen LogP contribution in [-0.2, 0) is 14.4 Å². The molecule has 2 unspecified atom stereocenters. The third kappa shape index (κ3) is 4.17. The van der Waals surface area contributed by atoms with Crippen molar-refractivity contribution < 1.29 is 23.2 Å². The Bertz CT molecular complexity index is 709. The predicted molar refractivity (Wildman–Crippen MR) is 90.9 cm³/mol. The van der Waals surface area contributed by atoms with Crippen LogP contribution in [0.5, 0.6) is 0 Å². The molecule has 1 aliphatic rings. The van der Waals surface area contributed by atoms with Gasteiger partial charge in [-0.1, -0.05) is 19.9 Å². The van der Waals surface area contributed by atoms with Crippen molar-refractivity contribution in [3.8, 4) is 0 Å². The molecule has 1 aromatic rings. The highest BCUT2D eigenvalue weighted by Gasteiger charge is 2.36. The number of benzene rings is 1. The van der Waals surface area contributed by atoms with Crippen LogP contribution in [0.2, 0.25) is 0 Å². The normalized spacial score (nSPS) is 17.9. The fraction of sp³-hybridized carbons (Fsp3) is 0.500. The molecule has 142 valence electrons. The summed E-state index contributed by atoms with van der Waals surface area (Å²) in [5.74, 6) is -3.58. The van der Waals surface area contributed by atoms with E-state index in [0.29, 0.717) is 19.4 Å². The minimum Gasteiger partial charge on any atom is -0.357 e. The first-order valence-corrected chi connectivity index (χ1v) is 8.53. The molecule has 1 aliphatic heterocycles. The van der Waals surface area contributed by atoms with E-state index >= 15 is 0 Å². The van der Waals surface area contributed by atoms with Gasteiger partial charge in [-0.25, -0.2) is 8.78 Å². The molecule has 26 heavy (non-hydrogen) atoms. The average Bonchev–Trinajstić information content (AvgIpc) is 3.10. The zero-order valence-electron chi connectivity index (χ0n) is 15.0. The Morgan fingerprint density at radius 1 is 1.19 bits per heavy atom. The summed E-state index contributed by atoms with van der Waals surface area (Å²) >= 11 is 0. The van der Waals surface area contributed by atoms with E-state index in [2.05, 4.69) is 10.6 Å². The third-order valence-electron chi connectivity index (χ3n) is 4.40. The Morgan fingerprint density at radius 2 is 1.88 bits per heavy atom. The summed E-state index contributed by atoms with van der Waals surface area (Å²) in [4.78, 5) is 38.6. The van der Waals surface area contributed by atoms with Crippen molar-refractivity contribution in [1.82, 2.24) is 15.5 Å². The zero-order chi connectivity index (χ0) is 19.4. The molecule has 0 bridgehead atoms. The van der Waals surface area contributed by atoms with E-state index in [-0.39, 0.29) is 17.4 Å². The van der Waals surface area contributed by atoms with Crippen LogP contribution in [0.15, 0.2) is 18.2 Å². The number of hydrogen-bond donors (Lipinski definition) is 2. The second-order valence-corrected chi connectivity index (χ2v) is 6.57. The molecule has 6 nitrogen and oxygen atoms in total. The van der Waals surface area contributed by atoms with Gasteiger partial charge in [0.25, 0.3) is 0 Å². The predicted octanol–water partition coefficient (Wildman–Crippen LogP) is 1.52. The molecule has 1 aromatic carbocycles. The number of hydrogen-bond acceptors (Lipinski definition) is 3. The van der Waals surface area contributed by atoms with E-state index in [1.54, 1.807) is 13.8 Å². The second-order valence-electron chi connectivity index (χ2n) is 6.57. The van der Waals surface area contributed by atoms with Crippen LogP contribution in [0.1, 0.15) is 38.3 Å². The van der Waals surface area contributed by atoms with Gasteiger partial charge >= 0.3 is 0 Å². The molecule has 1 heterocycles. The number of nitrogens with one attached hydrogen (secondary N) is 2. The van der Waals surface area contributed by atoms with Gasteiger partial charge in [0.2, 0.25) is 17.7 Å². The molecule has 2 rings (SSSR count). The molecule has 3 amide bonds. The topological polar surface area (TPSA) is 78.5 Å². The highest BCUT2D eigenvalue weighted by atomic mass is 19.2. The Balaban J connectivity index is 2.22. The maximum Gasteiger partial charge on any atom is 0.246 e. The summed E-state index contributed by atoms with van der Waals surface area (Å²) < 4.78 is 26.7. The standard InChI is InChI=1S/C18H23F2N3O3/c1-10(2)18(26)23-8-4-5-14(23)16(24)22-15(17(25)21-3)11-6-7-12(19)13(20)9-11/h6-7,9-10,14-15H,4-5,8H2,1-3H3,(H,21,25)(H,22,24). The molecule has 0 aliphatic carbocycles.